The molecule has 0 spiro atoms. The van der Waals surface area contributed by atoms with Gasteiger partial charge in [0.25, 0.3) is 5.22 Å². The molecule has 156 valence electrons. The molecular weight excluding hydrogens is 446 g/mol. The van der Waals surface area contributed by atoms with Crippen LogP contribution in [0.15, 0.2) is 39.3 Å². The van der Waals surface area contributed by atoms with Crippen molar-refractivity contribution in [3.63, 3.8) is 0 Å². The number of anilines is 1. The predicted molar refractivity (Wildman–Crippen MR) is 115 cm³/mol. The number of ether oxygens (including phenoxy) is 1. The van der Waals surface area contributed by atoms with Gasteiger partial charge in [0.2, 0.25) is 11.8 Å². The minimum atomic E-state index is -0.191. The molecule has 30 heavy (non-hydrogen) atoms. The average molecular weight is 464 g/mol. The third-order valence-electron chi connectivity index (χ3n) is 3.83. The van der Waals surface area contributed by atoms with Gasteiger partial charge in [0.15, 0.2) is 10.3 Å². The lowest BCUT2D eigenvalue weighted by molar-refractivity contribution is -0.113. The molecule has 13 heteroatoms. The summed E-state index contributed by atoms with van der Waals surface area (Å²) in [7, 11) is 3.50. The summed E-state index contributed by atoms with van der Waals surface area (Å²) in [4.78, 5) is 16.6. The first-order valence-electron chi connectivity index (χ1n) is 8.77. The van der Waals surface area contributed by atoms with E-state index in [1.165, 1.54) is 23.1 Å². The van der Waals surface area contributed by atoms with Gasteiger partial charge in [-0.05, 0) is 18.2 Å². The van der Waals surface area contributed by atoms with Gasteiger partial charge in [-0.1, -0.05) is 34.9 Å². The van der Waals surface area contributed by atoms with Gasteiger partial charge in [0.05, 0.1) is 23.1 Å². The summed E-state index contributed by atoms with van der Waals surface area (Å²) in [6, 6.07) is 5.58. The summed E-state index contributed by atoms with van der Waals surface area (Å²) in [5, 5.41) is 20.4. The lowest BCUT2D eigenvalue weighted by Gasteiger charge is -1.99. The Hall–Kier alpha value is -2.64. The van der Waals surface area contributed by atoms with E-state index in [1.54, 1.807) is 25.2 Å². The zero-order valence-corrected chi connectivity index (χ0v) is 18.5. The van der Waals surface area contributed by atoms with Crippen molar-refractivity contribution in [2.75, 3.05) is 23.9 Å². The molecule has 3 aromatic heterocycles. The number of nitrogens with zero attached hydrogens (tertiary/aromatic N) is 6. The van der Waals surface area contributed by atoms with E-state index in [4.69, 9.17) is 9.15 Å². The van der Waals surface area contributed by atoms with E-state index in [1.807, 2.05) is 29.8 Å². The maximum Gasteiger partial charge on any atom is 0.277 e. The second-order valence-electron chi connectivity index (χ2n) is 5.97. The maximum absolute atomic E-state index is 12.2. The number of thioether (sulfide) groups is 2. The van der Waals surface area contributed by atoms with E-state index in [9.17, 15) is 4.79 Å². The Morgan fingerprint density at radius 2 is 2.20 bits per heavy atom. The van der Waals surface area contributed by atoms with Gasteiger partial charge in [0, 0.05) is 19.2 Å². The van der Waals surface area contributed by atoms with Crippen LogP contribution >= 0.6 is 34.9 Å². The fourth-order valence-electron chi connectivity index (χ4n) is 2.40. The number of rotatable bonds is 9. The third kappa shape index (κ3) is 5.09. The first-order chi connectivity index (χ1) is 14.6. The van der Waals surface area contributed by atoms with E-state index in [-0.39, 0.29) is 11.7 Å². The van der Waals surface area contributed by atoms with Crippen LogP contribution in [0.4, 0.5) is 5.13 Å². The minimum absolute atomic E-state index is 0.147. The van der Waals surface area contributed by atoms with Crippen LogP contribution < -0.4 is 10.1 Å². The molecule has 1 N–H and O–H groups in total. The number of carbonyl (C=O) groups is 1. The number of methoxy groups -OCH3 is 1. The number of benzene rings is 1. The van der Waals surface area contributed by atoms with Gasteiger partial charge in [-0.15, -0.1) is 20.4 Å². The highest BCUT2D eigenvalue weighted by Gasteiger charge is 2.13. The highest BCUT2D eigenvalue weighted by Crippen LogP contribution is 2.29. The fraction of sp³-hybridized carbons (Fsp3) is 0.294. The highest BCUT2D eigenvalue weighted by molar-refractivity contribution is 7.99. The van der Waals surface area contributed by atoms with Crippen LogP contribution in [0.1, 0.15) is 5.89 Å². The Kier molecular flexibility index (Phi) is 6.50. The van der Waals surface area contributed by atoms with Crippen LogP contribution in [-0.2, 0) is 18.3 Å². The van der Waals surface area contributed by atoms with Crippen molar-refractivity contribution in [1.29, 1.82) is 0 Å². The number of thiazole rings is 1. The molecule has 0 atom stereocenters. The molecule has 0 aliphatic carbocycles. The van der Waals surface area contributed by atoms with E-state index < -0.39 is 0 Å². The molecule has 4 aromatic rings. The zero-order valence-electron chi connectivity index (χ0n) is 16.1. The number of fused-ring (bicyclic) bond motifs is 1. The largest absolute Gasteiger partial charge is 0.497 e. The second-order valence-corrected chi connectivity index (χ2v) is 8.99. The van der Waals surface area contributed by atoms with Crippen molar-refractivity contribution < 1.29 is 13.9 Å². The summed E-state index contributed by atoms with van der Waals surface area (Å²) in [5.41, 5.74) is 0.810. The molecule has 0 saturated heterocycles. The SMILES string of the molecule is COc1ccc2nc(NC(=O)CSc3nnc(CCSc4nncn4C)o3)sc2c1. The molecule has 1 amide bonds. The molecule has 0 aliphatic heterocycles. The number of nitrogens with one attached hydrogen (secondary N) is 1. The molecule has 0 bridgehead atoms. The topological polar surface area (TPSA) is 121 Å². The van der Waals surface area contributed by atoms with Crippen molar-refractivity contribution in [2.45, 2.75) is 16.8 Å². The van der Waals surface area contributed by atoms with Gasteiger partial charge in [-0.25, -0.2) is 4.98 Å². The summed E-state index contributed by atoms with van der Waals surface area (Å²) in [6.45, 7) is 0. The smallest absolute Gasteiger partial charge is 0.277 e. The molecular formula is C17H17N7O3S3. The molecule has 3 heterocycles. The number of aryl methyl sites for hydroxylation is 2. The van der Waals surface area contributed by atoms with Crippen LogP contribution in [0.25, 0.3) is 10.2 Å². The molecule has 10 nitrogen and oxygen atoms in total. The van der Waals surface area contributed by atoms with Crippen molar-refractivity contribution in [2.24, 2.45) is 7.05 Å². The van der Waals surface area contributed by atoms with Gasteiger partial charge in [0.1, 0.15) is 12.1 Å². The number of amides is 1. The molecule has 0 radical (unpaired) electrons. The van der Waals surface area contributed by atoms with Gasteiger partial charge < -0.3 is 19.0 Å². The maximum atomic E-state index is 12.2. The molecule has 4 rings (SSSR count). The fourth-order valence-corrected chi connectivity index (χ4v) is 4.70. The zero-order chi connectivity index (χ0) is 20.9. The Balaban J connectivity index is 1.24. The number of carbonyl (C=O) groups excluding carboxylic acids is 1. The predicted octanol–water partition coefficient (Wildman–Crippen LogP) is 2.88. The van der Waals surface area contributed by atoms with Gasteiger partial charge in [-0.2, -0.15) is 0 Å². The summed E-state index contributed by atoms with van der Waals surface area (Å²) in [6.07, 6.45) is 2.26. The number of aromatic nitrogens is 6. The summed E-state index contributed by atoms with van der Waals surface area (Å²) >= 11 is 4.14. The monoisotopic (exact) mass is 463 g/mol. The van der Waals surface area contributed by atoms with Crippen molar-refractivity contribution >= 4 is 56.1 Å². The Labute approximate surface area is 183 Å². The summed E-state index contributed by atoms with van der Waals surface area (Å²) in [5.74, 6) is 1.97. The molecule has 0 unspecified atom stereocenters. The standard InChI is InChI=1S/C17H17N7O3S3/c1-24-9-18-22-16(24)28-6-5-14-21-23-17(27-14)29-8-13(25)20-15-19-11-4-3-10(26-2)7-12(11)30-15/h3-4,7,9H,5-6,8H2,1-2H3,(H,19,20,25). The van der Waals surface area contributed by atoms with Crippen molar-refractivity contribution in [3.8, 4) is 5.75 Å². The lowest BCUT2D eigenvalue weighted by Crippen LogP contribution is -2.13. The van der Waals surface area contributed by atoms with Gasteiger partial charge >= 0.3 is 0 Å². The minimum Gasteiger partial charge on any atom is -0.497 e. The second kappa shape index (κ2) is 9.45. The van der Waals surface area contributed by atoms with Crippen LogP contribution in [0.5, 0.6) is 5.75 Å². The highest BCUT2D eigenvalue weighted by atomic mass is 32.2. The first-order valence-corrected chi connectivity index (χ1v) is 11.6. The van der Waals surface area contributed by atoms with E-state index in [0.717, 1.165) is 26.9 Å². The Bertz CT molecular complexity index is 1160. The van der Waals surface area contributed by atoms with Crippen LogP contribution in [-0.4, -0.2) is 54.5 Å². The quantitative estimate of drug-likeness (QED) is 0.371. The van der Waals surface area contributed by atoms with Crippen molar-refractivity contribution in [1.82, 2.24) is 29.9 Å². The lowest BCUT2D eigenvalue weighted by atomic mass is 10.3. The van der Waals surface area contributed by atoms with Crippen LogP contribution in [0.3, 0.4) is 0 Å². The molecule has 0 fully saturated rings. The first kappa shape index (κ1) is 20.6. The Morgan fingerprint density at radius 3 is 3.00 bits per heavy atom. The van der Waals surface area contributed by atoms with E-state index >= 15 is 0 Å². The number of hydrogen-bond acceptors (Lipinski definition) is 11. The van der Waals surface area contributed by atoms with E-state index in [0.29, 0.717) is 22.7 Å². The number of hydrogen-bond donors (Lipinski definition) is 1. The molecule has 0 saturated carbocycles. The third-order valence-corrected chi connectivity index (χ3v) is 6.62. The average Bonchev–Trinajstić information content (AvgIpc) is 3.46. The van der Waals surface area contributed by atoms with Crippen molar-refractivity contribution in [3.05, 3.63) is 30.4 Å². The molecule has 1 aromatic carbocycles. The van der Waals surface area contributed by atoms with Crippen LogP contribution in [0, 0.1) is 0 Å². The summed E-state index contributed by atoms with van der Waals surface area (Å²) < 4.78 is 13.6. The van der Waals surface area contributed by atoms with Crippen LogP contribution in [0.2, 0.25) is 0 Å². The normalized spacial score (nSPS) is 11.1. The Morgan fingerprint density at radius 1 is 1.30 bits per heavy atom. The van der Waals surface area contributed by atoms with Gasteiger partial charge in [-0.3, -0.25) is 4.79 Å². The molecule has 0 aliphatic rings. The van der Waals surface area contributed by atoms with E-state index in [2.05, 4.69) is 30.7 Å².